The lowest BCUT2D eigenvalue weighted by Gasteiger charge is -2.32. The van der Waals surface area contributed by atoms with Crippen LogP contribution in [-0.4, -0.2) is 42.5 Å². The summed E-state index contributed by atoms with van der Waals surface area (Å²) in [5, 5.41) is 3.24. The normalized spacial score (nSPS) is 14.4. The standard InChI is InChI=1S/C24H27N3O2.ClH/c1-17-7-9-19(10-8-17)22-16-26-23(29-22)20-5-3-4-6-21(20)24(28)27-13-11-18(12-14-27)15-25-2;/h3-10,16,18,25H,11-15H2,1-2H3;1H. The highest BCUT2D eigenvalue weighted by Crippen LogP contribution is 2.29. The molecule has 6 heteroatoms. The van der Waals surface area contributed by atoms with Crippen LogP contribution >= 0.6 is 12.4 Å². The summed E-state index contributed by atoms with van der Waals surface area (Å²) in [7, 11) is 1.98. The maximum absolute atomic E-state index is 13.2. The Hall–Kier alpha value is -2.63. The molecule has 0 spiro atoms. The number of oxazole rings is 1. The number of carbonyl (C=O) groups is 1. The Labute approximate surface area is 183 Å². The molecule has 0 bridgehead atoms. The van der Waals surface area contributed by atoms with Crippen LogP contribution in [0.1, 0.15) is 28.8 Å². The predicted octanol–water partition coefficient (Wildman–Crippen LogP) is 4.81. The molecule has 0 radical (unpaired) electrons. The number of rotatable bonds is 5. The summed E-state index contributed by atoms with van der Waals surface area (Å²) >= 11 is 0. The van der Waals surface area contributed by atoms with Gasteiger partial charge < -0.3 is 14.6 Å². The molecule has 30 heavy (non-hydrogen) atoms. The third-order valence-corrected chi connectivity index (χ3v) is 5.62. The molecule has 1 fully saturated rings. The second-order valence-electron chi connectivity index (χ2n) is 7.73. The number of amides is 1. The molecule has 0 saturated carbocycles. The Morgan fingerprint density at radius 2 is 1.83 bits per heavy atom. The van der Waals surface area contributed by atoms with Crippen LogP contribution in [0.4, 0.5) is 0 Å². The van der Waals surface area contributed by atoms with Crippen LogP contribution < -0.4 is 5.32 Å². The van der Waals surface area contributed by atoms with E-state index in [0.29, 0.717) is 23.1 Å². The third kappa shape index (κ3) is 4.74. The van der Waals surface area contributed by atoms with Gasteiger partial charge in [0.1, 0.15) is 0 Å². The summed E-state index contributed by atoms with van der Waals surface area (Å²) in [5.74, 6) is 1.88. The molecule has 0 aliphatic carbocycles. The van der Waals surface area contributed by atoms with Crippen LogP contribution in [0.3, 0.4) is 0 Å². The number of likely N-dealkylation sites (tertiary alicyclic amines) is 1. The number of hydrogen-bond donors (Lipinski definition) is 1. The largest absolute Gasteiger partial charge is 0.436 e. The molecule has 4 rings (SSSR count). The van der Waals surface area contributed by atoms with Crippen LogP contribution in [0.15, 0.2) is 59.1 Å². The van der Waals surface area contributed by atoms with E-state index < -0.39 is 0 Å². The van der Waals surface area contributed by atoms with Crippen molar-refractivity contribution in [2.75, 3.05) is 26.7 Å². The van der Waals surface area contributed by atoms with Gasteiger partial charge in [-0.1, -0.05) is 42.0 Å². The summed E-state index contributed by atoms with van der Waals surface area (Å²) in [6, 6.07) is 15.7. The van der Waals surface area contributed by atoms with Gasteiger partial charge in [0, 0.05) is 24.2 Å². The number of nitrogens with one attached hydrogen (secondary N) is 1. The van der Waals surface area contributed by atoms with Crippen molar-refractivity contribution in [3.8, 4) is 22.8 Å². The lowest BCUT2D eigenvalue weighted by atomic mass is 9.96. The van der Waals surface area contributed by atoms with E-state index in [9.17, 15) is 4.79 Å². The number of hydrogen-bond acceptors (Lipinski definition) is 4. The minimum atomic E-state index is 0. The van der Waals surface area contributed by atoms with Gasteiger partial charge in [-0.2, -0.15) is 0 Å². The number of benzene rings is 2. The molecule has 1 aromatic heterocycles. The van der Waals surface area contributed by atoms with Crippen molar-refractivity contribution in [3.63, 3.8) is 0 Å². The van der Waals surface area contributed by atoms with Crippen LogP contribution in [0, 0.1) is 12.8 Å². The molecule has 2 aromatic carbocycles. The minimum Gasteiger partial charge on any atom is -0.436 e. The molecule has 1 aliphatic heterocycles. The quantitative estimate of drug-likeness (QED) is 0.637. The van der Waals surface area contributed by atoms with Crippen molar-refractivity contribution in [2.45, 2.75) is 19.8 Å². The summed E-state index contributed by atoms with van der Waals surface area (Å²) in [4.78, 5) is 19.6. The summed E-state index contributed by atoms with van der Waals surface area (Å²) in [6.07, 6.45) is 3.79. The molecule has 158 valence electrons. The van der Waals surface area contributed by atoms with E-state index in [-0.39, 0.29) is 18.3 Å². The van der Waals surface area contributed by atoms with Crippen LogP contribution in [0.2, 0.25) is 0 Å². The Kier molecular flexibility index (Phi) is 7.29. The first-order valence-corrected chi connectivity index (χ1v) is 10.2. The topological polar surface area (TPSA) is 58.4 Å². The highest BCUT2D eigenvalue weighted by atomic mass is 35.5. The molecule has 1 aliphatic rings. The molecule has 0 atom stereocenters. The van der Waals surface area contributed by atoms with Gasteiger partial charge in [-0.3, -0.25) is 4.79 Å². The molecule has 1 amide bonds. The molecule has 1 N–H and O–H groups in total. The number of aromatic nitrogens is 1. The number of halogens is 1. The molecule has 2 heterocycles. The zero-order valence-electron chi connectivity index (χ0n) is 17.4. The fourth-order valence-corrected chi connectivity index (χ4v) is 3.91. The zero-order chi connectivity index (χ0) is 20.2. The molecule has 0 unspecified atom stereocenters. The fourth-order valence-electron chi connectivity index (χ4n) is 3.91. The first-order chi connectivity index (χ1) is 14.2. The van der Waals surface area contributed by atoms with E-state index >= 15 is 0 Å². The van der Waals surface area contributed by atoms with Crippen molar-refractivity contribution in [3.05, 3.63) is 65.9 Å². The van der Waals surface area contributed by atoms with E-state index in [0.717, 1.165) is 43.6 Å². The van der Waals surface area contributed by atoms with Gasteiger partial charge in [0.05, 0.1) is 11.8 Å². The Balaban J connectivity index is 0.00000256. The van der Waals surface area contributed by atoms with Gasteiger partial charge in [-0.15, -0.1) is 12.4 Å². The van der Waals surface area contributed by atoms with Crippen molar-refractivity contribution >= 4 is 18.3 Å². The van der Waals surface area contributed by atoms with Gasteiger partial charge >= 0.3 is 0 Å². The molecule has 1 saturated heterocycles. The average molecular weight is 426 g/mol. The van der Waals surface area contributed by atoms with Gasteiger partial charge in [-0.05, 0) is 51.4 Å². The maximum atomic E-state index is 13.2. The van der Waals surface area contributed by atoms with E-state index in [1.807, 2.05) is 60.5 Å². The van der Waals surface area contributed by atoms with Gasteiger partial charge in [0.15, 0.2) is 5.76 Å². The number of nitrogens with zero attached hydrogens (tertiary/aromatic N) is 2. The maximum Gasteiger partial charge on any atom is 0.254 e. The SMILES string of the molecule is CNCC1CCN(C(=O)c2ccccc2-c2ncc(-c3ccc(C)cc3)o2)CC1.Cl. The zero-order valence-corrected chi connectivity index (χ0v) is 18.2. The highest BCUT2D eigenvalue weighted by Gasteiger charge is 2.26. The smallest absolute Gasteiger partial charge is 0.254 e. The van der Waals surface area contributed by atoms with Crippen molar-refractivity contribution in [2.24, 2.45) is 5.92 Å². The van der Waals surface area contributed by atoms with Gasteiger partial charge in [-0.25, -0.2) is 4.98 Å². The lowest BCUT2D eigenvalue weighted by molar-refractivity contribution is 0.0691. The number of piperidine rings is 1. The van der Waals surface area contributed by atoms with Crippen molar-refractivity contribution in [1.29, 1.82) is 0 Å². The Morgan fingerprint density at radius 3 is 2.53 bits per heavy atom. The monoisotopic (exact) mass is 425 g/mol. The second kappa shape index (κ2) is 9.92. The van der Waals surface area contributed by atoms with Crippen LogP contribution in [-0.2, 0) is 0 Å². The fraction of sp³-hybridized carbons (Fsp3) is 0.333. The number of aryl methyl sites for hydroxylation is 1. The molecular weight excluding hydrogens is 398 g/mol. The van der Waals surface area contributed by atoms with E-state index in [4.69, 9.17) is 4.42 Å². The highest BCUT2D eigenvalue weighted by molar-refractivity contribution is 6.00. The second-order valence-corrected chi connectivity index (χ2v) is 7.73. The van der Waals surface area contributed by atoms with Gasteiger partial charge in [0.2, 0.25) is 5.89 Å². The first-order valence-electron chi connectivity index (χ1n) is 10.2. The summed E-state index contributed by atoms with van der Waals surface area (Å²) < 4.78 is 6.03. The molecule has 5 nitrogen and oxygen atoms in total. The first kappa shape index (κ1) is 22.1. The van der Waals surface area contributed by atoms with Crippen LogP contribution in [0.25, 0.3) is 22.8 Å². The average Bonchev–Trinajstić information content (AvgIpc) is 3.25. The number of carbonyl (C=O) groups excluding carboxylic acids is 1. The Bertz CT molecular complexity index is 976. The van der Waals surface area contributed by atoms with E-state index in [2.05, 4.69) is 17.2 Å². The Morgan fingerprint density at radius 1 is 1.13 bits per heavy atom. The van der Waals surface area contributed by atoms with E-state index in [1.165, 1.54) is 5.56 Å². The predicted molar refractivity (Wildman–Crippen MR) is 122 cm³/mol. The summed E-state index contributed by atoms with van der Waals surface area (Å²) in [5.41, 5.74) is 3.57. The van der Waals surface area contributed by atoms with Crippen molar-refractivity contribution < 1.29 is 9.21 Å². The van der Waals surface area contributed by atoms with E-state index in [1.54, 1.807) is 6.20 Å². The third-order valence-electron chi connectivity index (χ3n) is 5.62. The molecular formula is C24H28ClN3O2. The van der Waals surface area contributed by atoms with Crippen molar-refractivity contribution in [1.82, 2.24) is 15.2 Å². The van der Waals surface area contributed by atoms with Gasteiger partial charge in [0.25, 0.3) is 5.91 Å². The van der Waals surface area contributed by atoms with Crippen LogP contribution in [0.5, 0.6) is 0 Å². The minimum absolute atomic E-state index is 0. The summed E-state index contributed by atoms with van der Waals surface area (Å²) in [6.45, 7) is 4.65. The lowest BCUT2D eigenvalue weighted by Crippen LogP contribution is -2.40. The molecule has 3 aromatic rings.